The second-order valence-electron chi connectivity index (χ2n) is 4.62. The molecule has 2 heteroatoms. The number of ether oxygens (including phenoxy) is 1. The molecule has 88 valence electrons. The maximum atomic E-state index is 5.42. The molecule has 0 radical (unpaired) electrons. The summed E-state index contributed by atoms with van der Waals surface area (Å²) in [7, 11) is 3.78. The molecule has 2 rings (SSSR count). The zero-order chi connectivity index (χ0) is 11.4. The van der Waals surface area contributed by atoms with Crippen molar-refractivity contribution in [1.29, 1.82) is 0 Å². The average Bonchev–Trinajstić information content (AvgIpc) is 2.28. The van der Waals surface area contributed by atoms with Gasteiger partial charge in [0.2, 0.25) is 0 Å². The molecule has 2 nitrogen and oxygen atoms in total. The molecule has 0 amide bonds. The van der Waals surface area contributed by atoms with Gasteiger partial charge in [-0.05, 0) is 25.5 Å². The number of rotatable bonds is 5. The van der Waals surface area contributed by atoms with Crippen LogP contribution < -0.4 is 10.1 Å². The molecule has 16 heavy (non-hydrogen) atoms. The van der Waals surface area contributed by atoms with E-state index in [-0.39, 0.29) is 0 Å². The Morgan fingerprint density at radius 3 is 2.69 bits per heavy atom. The third kappa shape index (κ3) is 2.38. The van der Waals surface area contributed by atoms with E-state index >= 15 is 0 Å². The van der Waals surface area contributed by atoms with Crippen LogP contribution in [0.2, 0.25) is 0 Å². The zero-order valence-corrected chi connectivity index (χ0v) is 10.2. The first kappa shape index (κ1) is 11.5. The number of nitrogens with one attached hydrogen (secondary N) is 1. The number of hydrogen-bond acceptors (Lipinski definition) is 2. The molecule has 1 atom stereocenters. The van der Waals surface area contributed by atoms with Gasteiger partial charge < -0.3 is 10.1 Å². The quantitative estimate of drug-likeness (QED) is 0.821. The molecule has 1 aliphatic rings. The van der Waals surface area contributed by atoms with Crippen molar-refractivity contribution in [3.8, 4) is 5.75 Å². The van der Waals surface area contributed by atoms with Crippen LogP contribution in [0.3, 0.4) is 0 Å². The van der Waals surface area contributed by atoms with Gasteiger partial charge in [-0.25, -0.2) is 0 Å². The Hall–Kier alpha value is -1.02. The largest absolute Gasteiger partial charge is 0.496 e. The van der Waals surface area contributed by atoms with Crippen LogP contribution in [0.1, 0.15) is 37.3 Å². The smallest absolute Gasteiger partial charge is 0.123 e. The van der Waals surface area contributed by atoms with Crippen molar-refractivity contribution < 1.29 is 4.74 Å². The van der Waals surface area contributed by atoms with Gasteiger partial charge in [-0.2, -0.15) is 0 Å². The lowest BCUT2D eigenvalue weighted by molar-refractivity contribution is 0.263. The first-order chi connectivity index (χ1) is 7.85. The normalized spacial score (nSPS) is 17.9. The fourth-order valence-electron chi connectivity index (χ4n) is 2.42. The second kappa shape index (κ2) is 5.35. The lowest BCUT2D eigenvalue weighted by atomic mass is 9.79. The van der Waals surface area contributed by atoms with E-state index in [0.717, 1.165) is 11.7 Å². The van der Waals surface area contributed by atoms with Crippen LogP contribution in [-0.2, 0) is 0 Å². The Morgan fingerprint density at radius 1 is 1.38 bits per heavy atom. The summed E-state index contributed by atoms with van der Waals surface area (Å²) >= 11 is 0. The Morgan fingerprint density at radius 2 is 2.12 bits per heavy atom. The lowest BCUT2D eigenvalue weighted by Crippen LogP contribution is -2.23. The molecule has 0 aromatic heterocycles. The number of methoxy groups -OCH3 is 1. The molecule has 1 N–H and O–H groups in total. The molecule has 1 aromatic carbocycles. The van der Waals surface area contributed by atoms with Gasteiger partial charge in [0, 0.05) is 11.6 Å². The van der Waals surface area contributed by atoms with E-state index in [2.05, 4.69) is 17.4 Å². The summed E-state index contributed by atoms with van der Waals surface area (Å²) in [6.45, 7) is 0. The summed E-state index contributed by atoms with van der Waals surface area (Å²) in [5.74, 6) is 1.91. The average molecular weight is 219 g/mol. The standard InChI is InChI=1S/C14H21NO/c1-15-13(10-11-6-5-7-11)12-8-3-4-9-14(12)16-2/h3-4,8-9,11,13,15H,5-7,10H2,1-2H3. The zero-order valence-electron chi connectivity index (χ0n) is 10.2. The van der Waals surface area contributed by atoms with Crippen molar-refractivity contribution in [2.24, 2.45) is 5.92 Å². The van der Waals surface area contributed by atoms with Gasteiger partial charge in [0.15, 0.2) is 0 Å². The van der Waals surface area contributed by atoms with Gasteiger partial charge in [0.1, 0.15) is 5.75 Å². The number of hydrogen-bond donors (Lipinski definition) is 1. The summed E-state index contributed by atoms with van der Waals surface area (Å²) in [6.07, 6.45) is 5.44. The van der Waals surface area contributed by atoms with Gasteiger partial charge in [-0.3, -0.25) is 0 Å². The Labute approximate surface area is 98.0 Å². The summed E-state index contributed by atoms with van der Waals surface area (Å²) in [5, 5.41) is 3.41. The molecular weight excluding hydrogens is 198 g/mol. The molecule has 1 aromatic rings. The van der Waals surface area contributed by atoms with Crippen molar-refractivity contribution in [2.45, 2.75) is 31.7 Å². The van der Waals surface area contributed by atoms with E-state index in [1.165, 1.54) is 31.2 Å². The minimum Gasteiger partial charge on any atom is -0.496 e. The van der Waals surface area contributed by atoms with Crippen LogP contribution >= 0.6 is 0 Å². The minimum atomic E-state index is 0.432. The van der Waals surface area contributed by atoms with E-state index in [9.17, 15) is 0 Å². The lowest BCUT2D eigenvalue weighted by Gasteiger charge is -2.30. The number of para-hydroxylation sites is 1. The van der Waals surface area contributed by atoms with Gasteiger partial charge in [0.25, 0.3) is 0 Å². The maximum absolute atomic E-state index is 5.42. The highest BCUT2D eigenvalue weighted by atomic mass is 16.5. The van der Waals surface area contributed by atoms with Crippen molar-refractivity contribution in [3.05, 3.63) is 29.8 Å². The summed E-state index contributed by atoms with van der Waals surface area (Å²) in [6, 6.07) is 8.75. The molecule has 1 unspecified atom stereocenters. The van der Waals surface area contributed by atoms with Crippen molar-refractivity contribution in [1.82, 2.24) is 5.32 Å². The molecular formula is C14H21NO. The Bertz CT molecular complexity index is 333. The SMILES string of the molecule is CNC(CC1CCC1)c1ccccc1OC. The maximum Gasteiger partial charge on any atom is 0.123 e. The number of benzene rings is 1. The van der Waals surface area contributed by atoms with Crippen LogP contribution in [0.5, 0.6) is 5.75 Å². The summed E-state index contributed by atoms with van der Waals surface area (Å²) in [5.41, 5.74) is 1.29. The second-order valence-corrected chi connectivity index (χ2v) is 4.62. The van der Waals surface area contributed by atoms with Crippen molar-refractivity contribution in [2.75, 3.05) is 14.2 Å². The molecule has 1 aliphatic carbocycles. The monoisotopic (exact) mass is 219 g/mol. The molecule has 1 saturated carbocycles. The highest BCUT2D eigenvalue weighted by Crippen LogP contribution is 2.36. The molecule has 0 saturated heterocycles. The first-order valence-electron chi connectivity index (χ1n) is 6.15. The molecule has 0 bridgehead atoms. The van der Waals surface area contributed by atoms with E-state index in [1.807, 2.05) is 19.2 Å². The van der Waals surface area contributed by atoms with Gasteiger partial charge in [-0.15, -0.1) is 0 Å². The van der Waals surface area contributed by atoms with Crippen LogP contribution in [0.25, 0.3) is 0 Å². The summed E-state index contributed by atoms with van der Waals surface area (Å²) < 4.78 is 5.42. The van der Waals surface area contributed by atoms with Gasteiger partial charge in [0.05, 0.1) is 7.11 Å². The molecule has 1 fully saturated rings. The topological polar surface area (TPSA) is 21.3 Å². The van der Waals surface area contributed by atoms with E-state index < -0.39 is 0 Å². The molecule has 0 aliphatic heterocycles. The van der Waals surface area contributed by atoms with Gasteiger partial charge >= 0.3 is 0 Å². The van der Waals surface area contributed by atoms with Crippen LogP contribution in [0, 0.1) is 5.92 Å². The predicted octanol–water partition coefficient (Wildman–Crippen LogP) is 3.15. The highest BCUT2D eigenvalue weighted by molar-refractivity contribution is 5.35. The third-order valence-electron chi connectivity index (χ3n) is 3.66. The van der Waals surface area contributed by atoms with Gasteiger partial charge in [-0.1, -0.05) is 37.5 Å². The third-order valence-corrected chi connectivity index (χ3v) is 3.66. The highest BCUT2D eigenvalue weighted by Gasteiger charge is 2.23. The first-order valence-corrected chi connectivity index (χ1v) is 6.15. The molecule has 0 spiro atoms. The Balaban J connectivity index is 2.11. The van der Waals surface area contributed by atoms with Crippen molar-refractivity contribution >= 4 is 0 Å². The van der Waals surface area contributed by atoms with E-state index in [1.54, 1.807) is 7.11 Å². The van der Waals surface area contributed by atoms with Crippen LogP contribution in [0.15, 0.2) is 24.3 Å². The van der Waals surface area contributed by atoms with E-state index in [4.69, 9.17) is 4.74 Å². The Kier molecular flexibility index (Phi) is 3.83. The predicted molar refractivity (Wildman–Crippen MR) is 66.8 cm³/mol. The van der Waals surface area contributed by atoms with E-state index in [0.29, 0.717) is 6.04 Å². The van der Waals surface area contributed by atoms with Crippen molar-refractivity contribution in [3.63, 3.8) is 0 Å². The minimum absolute atomic E-state index is 0.432. The summed E-state index contributed by atoms with van der Waals surface area (Å²) in [4.78, 5) is 0. The van der Waals surface area contributed by atoms with Crippen LogP contribution in [0.4, 0.5) is 0 Å². The fraction of sp³-hybridized carbons (Fsp3) is 0.571. The molecule has 0 heterocycles. The van der Waals surface area contributed by atoms with Crippen LogP contribution in [-0.4, -0.2) is 14.2 Å². The fourth-order valence-corrected chi connectivity index (χ4v) is 2.42.